The van der Waals surface area contributed by atoms with Gasteiger partial charge in [-0.1, -0.05) is 15.9 Å². The lowest BCUT2D eigenvalue weighted by Crippen LogP contribution is -2.15. The van der Waals surface area contributed by atoms with Crippen LogP contribution in [0.2, 0.25) is 0 Å². The van der Waals surface area contributed by atoms with Crippen LogP contribution in [0.5, 0.6) is 0 Å². The number of carbonyl (C=O) groups is 1. The SMILES string of the molecule is Cc1c(Br)cc(C(=O)O)cc1S(=O)(=O)Nc1cn[nH]c1. The third kappa shape index (κ3) is 2.83. The highest BCUT2D eigenvalue weighted by Gasteiger charge is 2.21. The van der Waals surface area contributed by atoms with Gasteiger partial charge < -0.3 is 5.11 Å². The van der Waals surface area contributed by atoms with Crippen molar-refractivity contribution in [2.45, 2.75) is 11.8 Å². The summed E-state index contributed by atoms with van der Waals surface area (Å²) in [6.45, 7) is 1.58. The summed E-state index contributed by atoms with van der Waals surface area (Å²) in [4.78, 5) is 10.9. The van der Waals surface area contributed by atoms with E-state index in [0.29, 0.717) is 10.0 Å². The minimum Gasteiger partial charge on any atom is -0.478 e. The molecule has 2 rings (SSSR count). The minimum atomic E-state index is -3.90. The number of halogens is 1. The van der Waals surface area contributed by atoms with E-state index in [1.807, 2.05) is 0 Å². The van der Waals surface area contributed by atoms with Crippen molar-refractivity contribution in [1.82, 2.24) is 10.2 Å². The number of benzene rings is 1. The lowest BCUT2D eigenvalue weighted by atomic mass is 10.1. The monoisotopic (exact) mass is 359 g/mol. The van der Waals surface area contributed by atoms with Gasteiger partial charge in [-0.2, -0.15) is 5.10 Å². The molecule has 0 aliphatic rings. The van der Waals surface area contributed by atoms with Crippen LogP contribution in [0.1, 0.15) is 15.9 Å². The Bertz CT molecular complexity index is 756. The molecular formula is C11H10BrN3O4S. The van der Waals surface area contributed by atoms with Crippen molar-refractivity contribution in [3.05, 3.63) is 40.1 Å². The number of hydrogen-bond acceptors (Lipinski definition) is 4. The van der Waals surface area contributed by atoms with E-state index in [2.05, 4.69) is 30.8 Å². The first-order chi connectivity index (χ1) is 9.31. The standard InChI is InChI=1S/C11H10BrN3O4S/c1-6-9(12)2-7(11(16)17)3-10(6)20(18,19)15-8-4-13-14-5-8/h2-5,15H,1H3,(H,13,14)(H,16,17). The fourth-order valence-electron chi connectivity index (χ4n) is 1.57. The van der Waals surface area contributed by atoms with Crippen LogP contribution in [0.4, 0.5) is 5.69 Å². The van der Waals surface area contributed by atoms with Gasteiger partial charge in [0.1, 0.15) is 0 Å². The number of carboxylic acid groups (broad SMARTS) is 1. The Balaban J connectivity index is 2.53. The van der Waals surface area contributed by atoms with Gasteiger partial charge >= 0.3 is 5.97 Å². The van der Waals surface area contributed by atoms with Gasteiger partial charge in [0, 0.05) is 10.7 Å². The molecular weight excluding hydrogens is 350 g/mol. The molecule has 2 aromatic rings. The second-order valence-corrected chi connectivity index (χ2v) is 6.48. The number of carboxylic acids is 1. The number of rotatable bonds is 4. The first kappa shape index (κ1) is 14.5. The lowest BCUT2D eigenvalue weighted by Gasteiger charge is -2.11. The maximum Gasteiger partial charge on any atom is 0.335 e. The Hall–Kier alpha value is -1.87. The summed E-state index contributed by atoms with van der Waals surface area (Å²) in [6, 6.07) is 2.47. The van der Waals surface area contributed by atoms with Crippen molar-refractivity contribution in [1.29, 1.82) is 0 Å². The summed E-state index contributed by atoms with van der Waals surface area (Å²) < 4.78 is 27.3. The molecule has 20 heavy (non-hydrogen) atoms. The Morgan fingerprint density at radius 1 is 1.45 bits per heavy atom. The molecule has 9 heteroatoms. The minimum absolute atomic E-state index is 0.106. The van der Waals surface area contributed by atoms with Crippen LogP contribution in [0, 0.1) is 6.92 Å². The maximum atomic E-state index is 12.3. The molecule has 0 radical (unpaired) electrons. The molecule has 0 unspecified atom stereocenters. The highest BCUT2D eigenvalue weighted by atomic mass is 79.9. The van der Waals surface area contributed by atoms with E-state index in [4.69, 9.17) is 5.11 Å². The number of aromatic nitrogens is 2. The average Bonchev–Trinajstić information content (AvgIpc) is 2.83. The molecule has 0 atom stereocenters. The summed E-state index contributed by atoms with van der Waals surface area (Å²) in [6.07, 6.45) is 2.69. The zero-order valence-corrected chi connectivity index (χ0v) is 12.6. The lowest BCUT2D eigenvalue weighted by molar-refractivity contribution is 0.0696. The Morgan fingerprint density at radius 3 is 2.70 bits per heavy atom. The van der Waals surface area contributed by atoms with Gasteiger partial charge in [-0.25, -0.2) is 13.2 Å². The highest BCUT2D eigenvalue weighted by molar-refractivity contribution is 9.10. The molecule has 3 N–H and O–H groups in total. The van der Waals surface area contributed by atoms with Gasteiger partial charge in [0.15, 0.2) is 0 Å². The van der Waals surface area contributed by atoms with Crippen LogP contribution in [0.25, 0.3) is 0 Å². The smallest absolute Gasteiger partial charge is 0.335 e. The number of hydrogen-bond donors (Lipinski definition) is 3. The van der Waals surface area contributed by atoms with Crippen molar-refractivity contribution >= 4 is 37.6 Å². The van der Waals surface area contributed by atoms with Crippen LogP contribution in [-0.4, -0.2) is 29.7 Å². The summed E-state index contributed by atoms with van der Waals surface area (Å²) in [5.74, 6) is -1.20. The van der Waals surface area contributed by atoms with E-state index in [1.165, 1.54) is 18.5 Å². The normalized spacial score (nSPS) is 11.3. The molecule has 0 saturated heterocycles. The summed E-state index contributed by atoms with van der Waals surface area (Å²) >= 11 is 3.16. The van der Waals surface area contributed by atoms with E-state index >= 15 is 0 Å². The molecule has 0 spiro atoms. The molecule has 0 aliphatic heterocycles. The Morgan fingerprint density at radius 2 is 2.15 bits per heavy atom. The molecule has 7 nitrogen and oxygen atoms in total. The molecule has 0 amide bonds. The number of anilines is 1. The summed E-state index contributed by atoms with van der Waals surface area (Å²) in [5.41, 5.74) is 0.572. The van der Waals surface area contributed by atoms with Crippen LogP contribution in [0.15, 0.2) is 33.9 Å². The second-order valence-electron chi connectivity index (χ2n) is 3.98. The fraction of sp³-hybridized carbons (Fsp3) is 0.0909. The number of nitrogens with one attached hydrogen (secondary N) is 2. The van der Waals surface area contributed by atoms with Crippen LogP contribution in [-0.2, 0) is 10.0 Å². The van der Waals surface area contributed by atoms with Crippen molar-refractivity contribution in [3.8, 4) is 0 Å². The first-order valence-corrected chi connectivity index (χ1v) is 7.64. The quantitative estimate of drug-likeness (QED) is 0.772. The van der Waals surface area contributed by atoms with Gasteiger partial charge in [-0.3, -0.25) is 9.82 Å². The largest absolute Gasteiger partial charge is 0.478 e. The van der Waals surface area contributed by atoms with Gasteiger partial charge in [0.05, 0.1) is 22.3 Å². The molecule has 0 saturated carbocycles. The first-order valence-electron chi connectivity index (χ1n) is 5.36. The van der Waals surface area contributed by atoms with E-state index in [0.717, 1.165) is 6.07 Å². The predicted octanol–water partition coefficient (Wildman–Crippen LogP) is 1.98. The van der Waals surface area contributed by atoms with Gasteiger partial charge in [0.2, 0.25) is 0 Å². The number of sulfonamides is 1. The Labute approximate surface area is 123 Å². The number of aromatic carboxylic acids is 1. The third-order valence-electron chi connectivity index (χ3n) is 2.58. The molecule has 0 bridgehead atoms. The van der Waals surface area contributed by atoms with Crippen molar-refractivity contribution in [3.63, 3.8) is 0 Å². The third-order valence-corrected chi connectivity index (χ3v) is 4.91. The van der Waals surface area contributed by atoms with Crippen LogP contribution >= 0.6 is 15.9 Å². The summed E-state index contributed by atoms with van der Waals surface area (Å²) in [7, 11) is -3.90. The zero-order chi connectivity index (χ0) is 14.9. The Kier molecular flexibility index (Phi) is 3.82. The number of H-pyrrole nitrogens is 1. The fourth-order valence-corrected chi connectivity index (χ4v) is 3.49. The van der Waals surface area contributed by atoms with E-state index in [1.54, 1.807) is 6.92 Å². The summed E-state index contributed by atoms with van der Waals surface area (Å²) in [5, 5.41) is 15.1. The van der Waals surface area contributed by atoms with E-state index < -0.39 is 16.0 Å². The van der Waals surface area contributed by atoms with Crippen LogP contribution < -0.4 is 4.72 Å². The van der Waals surface area contributed by atoms with Crippen molar-refractivity contribution in [2.75, 3.05) is 4.72 Å². The van der Waals surface area contributed by atoms with Gasteiger partial charge in [-0.05, 0) is 24.6 Å². The molecule has 1 aromatic heterocycles. The van der Waals surface area contributed by atoms with Gasteiger partial charge in [-0.15, -0.1) is 0 Å². The van der Waals surface area contributed by atoms with Crippen molar-refractivity contribution in [2.24, 2.45) is 0 Å². The maximum absolute atomic E-state index is 12.3. The second kappa shape index (κ2) is 5.25. The van der Waals surface area contributed by atoms with E-state index in [-0.39, 0.29) is 16.1 Å². The molecule has 1 aromatic carbocycles. The molecule has 106 valence electrons. The average molecular weight is 360 g/mol. The topological polar surface area (TPSA) is 112 Å². The van der Waals surface area contributed by atoms with Crippen molar-refractivity contribution < 1.29 is 18.3 Å². The molecule has 0 aliphatic carbocycles. The van der Waals surface area contributed by atoms with Gasteiger partial charge in [0.25, 0.3) is 10.0 Å². The highest BCUT2D eigenvalue weighted by Crippen LogP contribution is 2.27. The number of aromatic amines is 1. The molecule has 0 fully saturated rings. The van der Waals surface area contributed by atoms with Crippen LogP contribution in [0.3, 0.4) is 0 Å². The molecule has 1 heterocycles. The van der Waals surface area contributed by atoms with E-state index in [9.17, 15) is 13.2 Å². The zero-order valence-electron chi connectivity index (χ0n) is 10.2. The number of nitrogens with zero attached hydrogens (tertiary/aromatic N) is 1. The predicted molar refractivity (Wildman–Crippen MR) is 75.2 cm³/mol.